The molecular weight excluding hydrogens is 231 g/mol. The second-order valence-corrected chi connectivity index (χ2v) is 3.73. The summed E-state index contributed by atoms with van der Waals surface area (Å²) in [7, 11) is 0. The van der Waals surface area contributed by atoms with Crippen LogP contribution >= 0.6 is 23.2 Å². The van der Waals surface area contributed by atoms with E-state index in [1.54, 1.807) is 0 Å². The Morgan fingerprint density at radius 3 is 1.93 bits per heavy atom. The molecule has 0 aliphatic carbocycles. The van der Waals surface area contributed by atoms with Gasteiger partial charge in [-0.2, -0.15) is 0 Å². The van der Waals surface area contributed by atoms with Crippen molar-refractivity contribution in [3.05, 3.63) is 0 Å². The van der Waals surface area contributed by atoms with Crippen LogP contribution in [-0.2, 0) is 4.74 Å². The van der Waals surface area contributed by atoms with E-state index in [0.29, 0.717) is 0 Å². The molecule has 0 heterocycles. The highest BCUT2D eigenvalue weighted by Gasteiger charge is 2.19. The molecule has 0 radical (unpaired) electrons. The van der Waals surface area contributed by atoms with E-state index in [1.807, 2.05) is 20.8 Å². The number of carboxylic acid groups (broad SMARTS) is 1. The fourth-order valence-corrected chi connectivity index (χ4v) is 1.08. The van der Waals surface area contributed by atoms with E-state index in [4.69, 9.17) is 26.2 Å². The van der Waals surface area contributed by atoms with E-state index in [1.165, 1.54) is 0 Å². The summed E-state index contributed by atoms with van der Waals surface area (Å²) in [5.74, 6) is 0. The van der Waals surface area contributed by atoms with Crippen molar-refractivity contribution in [2.45, 2.75) is 39.2 Å². The van der Waals surface area contributed by atoms with Crippen LogP contribution in [0.15, 0.2) is 0 Å². The van der Waals surface area contributed by atoms with E-state index in [2.05, 4.69) is 11.6 Å². The van der Waals surface area contributed by atoms with Crippen LogP contribution in [0.1, 0.15) is 33.6 Å². The quantitative estimate of drug-likeness (QED) is 0.767. The molecule has 0 saturated carbocycles. The molecule has 0 spiro atoms. The summed E-state index contributed by atoms with van der Waals surface area (Å²) in [6.45, 7) is 5.72. The number of hydrogen-bond donors (Lipinski definition) is 1. The second-order valence-electron chi connectivity index (χ2n) is 3.10. The maximum absolute atomic E-state index is 10.3. The normalized spacial score (nSPS) is 9.79. The molecule has 0 atom stereocenters. The molecular formula is C8H14Cl2O4. The molecule has 14 heavy (non-hydrogen) atoms. The monoisotopic (exact) mass is 244 g/mol. The second kappa shape index (κ2) is 7.88. The molecule has 0 rings (SSSR count). The highest BCUT2D eigenvalue weighted by atomic mass is 35.5. The minimum absolute atomic E-state index is 0.409. The average molecular weight is 245 g/mol. The van der Waals surface area contributed by atoms with Crippen LogP contribution in [0.2, 0.25) is 0 Å². The lowest BCUT2D eigenvalue weighted by Crippen LogP contribution is -2.24. The molecule has 0 amide bonds. The third-order valence-electron chi connectivity index (χ3n) is 1.21. The maximum Gasteiger partial charge on any atom is 0.404 e. The van der Waals surface area contributed by atoms with Crippen LogP contribution in [-0.4, -0.2) is 21.6 Å². The molecule has 0 aromatic heterocycles. The van der Waals surface area contributed by atoms with Crippen molar-refractivity contribution in [1.82, 2.24) is 0 Å². The van der Waals surface area contributed by atoms with Crippen molar-refractivity contribution in [2.75, 3.05) is 0 Å². The summed E-state index contributed by atoms with van der Waals surface area (Å²) in [6, 6.07) is 0. The fraction of sp³-hybridized carbons (Fsp3) is 0.750. The van der Waals surface area contributed by atoms with Crippen LogP contribution in [0.5, 0.6) is 0 Å². The first-order valence-electron chi connectivity index (χ1n) is 3.98. The van der Waals surface area contributed by atoms with Gasteiger partial charge in [-0.1, -0.05) is 13.3 Å². The lowest BCUT2D eigenvalue weighted by Gasteiger charge is -2.22. The summed E-state index contributed by atoms with van der Waals surface area (Å²) in [4.78, 5) is 19.0. The minimum atomic E-state index is -1.36. The van der Waals surface area contributed by atoms with Gasteiger partial charge in [0.1, 0.15) is 5.60 Å². The predicted octanol–water partition coefficient (Wildman–Crippen LogP) is 3.84. The molecule has 84 valence electrons. The topological polar surface area (TPSA) is 63.6 Å². The molecule has 0 fully saturated rings. The van der Waals surface area contributed by atoms with Crippen LogP contribution in [0.3, 0.4) is 0 Å². The first-order chi connectivity index (χ1) is 6.21. The lowest BCUT2D eigenvalue weighted by molar-refractivity contribution is 0.0498. The molecule has 0 aromatic rings. The molecule has 1 N–H and O–H groups in total. The van der Waals surface area contributed by atoms with Gasteiger partial charge in [-0.05, 0) is 20.3 Å². The lowest BCUT2D eigenvalue weighted by atomic mass is 10.0. The highest BCUT2D eigenvalue weighted by molar-refractivity contribution is 6.61. The van der Waals surface area contributed by atoms with Gasteiger partial charge >= 0.3 is 10.9 Å². The number of halogens is 2. The van der Waals surface area contributed by atoms with E-state index in [-0.39, 0.29) is 0 Å². The summed E-state index contributed by atoms with van der Waals surface area (Å²) in [5, 5.41) is 7.18. The molecule has 0 aliphatic heterocycles. The average Bonchev–Trinajstić information content (AvgIpc) is 1.80. The van der Waals surface area contributed by atoms with Gasteiger partial charge in [-0.15, -0.1) is 0 Å². The van der Waals surface area contributed by atoms with Gasteiger partial charge in [-0.3, -0.25) is 0 Å². The molecule has 0 saturated heterocycles. The first kappa shape index (κ1) is 16.0. The van der Waals surface area contributed by atoms with Crippen molar-refractivity contribution in [2.24, 2.45) is 0 Å². The summed E-state index contributed by atoms with van der Waals surface area (Å²) < 4.78 is 4.80. The van der Waals surface area contributed by atoms with Crippen molar-refractivity contribution < 1.29 is 19.4 Å². The number of hydrogen-bond acceptors (Lipinski definition) is 3. The van der Waals surface area contributed by atoms with Gasteiger partial charge in [0.2, 0.25) is 0 Å². The Kier molecular flexibility index (Phi) is 8.99. The number of carbonyl (C=O) groups is 2. The standard InChI is InChI=1S/C7H13ClO2.CHClO2/c1-4-5-7(2,3)10-6(8)9;2-1(3)4/h4-5H2,1-3H3;(H,3,4). The Morgan fingerprint density at radius 2 is 1.71 bits per heavy atom. The largest absolute Gasteiger partial charge is 0.469 e. The third kappa shape index (κ3) is 17.6. The van der Waals surface area contributed by atoms with Gasteiger partial charge in [0.15, 0.2) is 0 Å². The van der Waals surface area contributed by atoms with Gasteiger partial charge in [0, 0.05) is 23.2 Å². The predicted molar refractivity (Wildman–Crippen MR) is 55.2 cm³/mol. The first-order valence-corrected chi connectivity index (χ1v) is 4.73. The third-order valence-corrected chi connectivity index (χ3v) is 1.29. The van der Waals surface area contributed by atoms with Gasteiger partial charge in [0.25, 0.3) is 0 Å². The Hall–Kier alpha value is -0.480. The minimum Gasteiger partial charge on any atom is -0.469 e. The molecule has 0 aromatic carbocycles. The van der Waals surface area contributed by atoms with Crippen LogP contribution in [0.25, 0.3) is 0 Å². The zero-order chi connectivity index (χ0) is 11.8. The number of ether oxygens (including phenoxy) is 1. The van der Waals surface area contributed by atoms with E-state index >= 15 is 0 Å². The zero-order valence-electron chi connectivity index (χ0n) is 8.34. The number of rotatable bonds is 3. The Balaban J connectivity index is 0. The van der Waals surface area contributed by atoms with Gasteiger partial charge in [-0.25, -0.2) is 9.59 Å². The number of carbonyl (C=O) groups excluding carboxylic acids is 1. The molecule has 0 bridgehead atoms. The Bertz CT molecular complexity index is 188. The van der Waals surface area contributed by atoms with Crippen molar-refractivity contribution in [3.8, 4) is 0 Å². The zero-order valence-corrected chi connectivity index (χ0v) is 9.85. The Morgan fingerprint density at radius 1 is 1.36 bits per heavy atom. The van der Waals surface area contributed by atoms with Crippen LogP contribution < -0.4 is 0 Å². The van der Waals surface area contributed by atoms with Crippen LogP contribution in [0.4, 0.5) is 9.59 Å². The molecule has 0 aliphatic rings. The Labute approximate surface area is 93.1 Å². The van der Waals surface area contributed by atoms with Gasteiger partial charge < -0.3 is 9.84 Å². The van der Waals surface area contributed by atoms with Crippen molar-refractivity contribution in [3.63, 3.8) is 0 Å². The van der Waals surface area contributed by atoms with E-state index in [9.17, 15) is 4.79 Å². The smallest absolute Gasteiger partial charge is 0.404 e. The van der Waals surface area contributed by atoms with E-state index < -0.39 is 16.5 Å². The summed E-state index contributed by atoms with van der Waals surface area (Å²) in [5.41, 5.74) is -2.49. The van der Waals surface area contributed by atoms with Gasteiger partial charge in [0.05, 0.1) is 0 Å². The molecule has 6 heteroatoms. The SMILES string of the molecule is CCCC(C)(C)OC(=O)Cl.O=C(O)Cl. The fourth-order valence-electron chi connectivity index (χ4n) is 0.870. The van der Waals surface area contributed by atoms with Crippen molar-refractivity contribution in [1.29, 1.82) is 0 Å². The highest BCUT2D eigenvalue weighted by Crippen LogP contribution is 2.17. The summed E-state index contributed by atoms with van der Waals surface area (Å²) >= 11 is 9.23. The van der Waals surface area contributed by atoms with Crippen LogP contribution in [0, 0.1) is 0 Å². The van der Waals surface area contributed by atoms with Crippen molar-refractivity contribution >= 4 is 34.1 Å². The van der Waals surface area contributed by atoms with E-state index in [0.717, 1.165) is 12.8 Å². The summed E-state index contributed by atoms with van der Waals surface area (Å²) in [6.07, 6.45) is 1.82. The molecule has 4 nitrogen and oxygen atoms in total. The molecule has 0 unspecified atom stereocenters. The maximum atomic E-state index is 10.3.